The predicted molar refractivity (Wildman–Crippen MR) is 115 cm³/mol. The number of likely N-dealkylation sites (N-methyl/N-ethyl adjacent to an activating group) is 1. The molecule has 1 aliphatic heterocycles. The monoisotopic (exact) mass is 403 g/mol. The average molecular weight is 403 g/mol. The summed E-state index contributed by atoms with van der Waals surface area (Å²) in [5, 5.41) is 13.3. The molecule has 3 aromatic rings. The summed E-state index contributed by atoms with van der Waals surface area (Å²) in [6, 6.07) is 15.9. The van der Waals surface area contributed by atoms with Crippen LogP contribution < -0.4 is 5.32 Å². The van der Waals surface area contributed by atoms with Crippen LogP contribution in [0.5, 0.6) is 0 Å². The van der Waals surface area contributed by atoms with Gasteiger partial charge in [0.2, 0.25) is 0 Å². The Morgan fingerprint density at radius 1 is 1.13 bits per heavy atom. The summed E-state index contributed by atoms with van der Waals surface area (Å²) in [4.78, 5) is 32.4. The van der Waals surface area contributed by atoms with Gasteiger partial charge in [-0.25, -0.2) is 4.79 Å². The minimum atomic E-state index is -1.05. The maximum Gasteiger partial charge on any atom is 0.326 e. The molecule has 30 heavy (non-hydrogen) atoms. The molecule has 2 heterocycles. The number of pyridine rings is 1. The quantitative estimate of drug-likeness (QED) is 0.661. The number of fused-ring (bicyclic) bond motifs is 2. The molecular formula is C24H25N3O3. The second-order valence-electron chi connectivity index (χ2n) is 7.60. The van der Waals surface area contributed by atoms with Crippen LogP contribution in [0.25, 0.3) is 10.9 Å². The van der Waals surface area contributed by atoms with Gasteiger partial charge in [0.15, 0.2) is 0 Å². The number of amides is 1. The highest BCUT2D eigenvalue weighted by Crippen LogP contribution is 2.28. The van der Waals surface area contributed by atoms with Crippen molar-refractivity contribution in [3.05, 3.63) is 77.0 Å². The van der Waals surface area contributed by atoms with Crippen LogP contribution >= 0.6 is 0 Å². The van der Waals surface area contributed by atoms with Crippen LogP contribution in [0.15, 0.2) is 54.6 Å². The lowest BCUT2D eigenvalue weighted by atomic mass is 9.94. The van der Waals surface area contributed by atoms with E-state index < -0.39 is 12.0 Å². The molecule has 6 nitrogen and oxygen atoms in total. The number of benzene rings is 2. The normalized spacial score (nSPS) is 14.8. The molecule has 1 unspecified atom stereocenters. The van der Waals surface area contributed by atoms with Gasteiger partial charge in [-0.1, -0.05) is 55.5 Å². The van der Waals surface area contributed by atoms with Gasteiger partial charge in [-0.05, 0) is 18.2 Å². The van der Waals surface area contributed by atoms with Gasteiger partial charge in [0.05, 0.1) is 11.1 Å². The molecule has 0 radical (unpaired) electrons. The number of carbonyl (C=O) groups is 2. The minimum absolute atomic E-state index is 0.230. The highest BCUT2D eigenvalue weighted by Gasteiger charge is 2.28. The number of carbonyl (C=O) groups excluding carboxylic acids is 1. The Labute approximate surface area is 175 Å². The van der Waals surface area contributed by atoms with Gasteiger partial charge in [-0.3, -0.25) is 14.7 Å². The van der Waals surface area contributed by atoms with Crippen LogP contribution in [0.2, 0.25) is 0 Å². The number of para-hydroxylation sites is 1. The smallest absolute Gasteiger partial charge is 0.326 e. The summed E-state index contributed by atoms with van der Waals surface area (Å²) >= 11 is 0. The number of hydrogen-bond donors (Lipinski definition) is 2. The molecule has 0 saturated heterocycles. The molecule has 0 saturated carbocycles. The van der Waals surface area contributed by atoms with E-state index in [9.17, 15) is 14.7 Å². The van der Waals surface area contributed by atoms with E-state index >= 15 is 0 Å². The Morgan fingerprint density at radius 2 is 1.87 bits per heavy atom. The third kappa shape index (κ3) is 4.04. The van der Waals surface area contributed by atoms with E-state index in [0.717, 1.165) is 47.2 Å². The first-order valence-electron chi connectivity index (χ1n) is 10.3. The Morgan fingerprint density at radius 3 is 2.60 bits per heavy atom. The second kappa shape index (κ2) is 8.63. The number of nitrogens with zero attached hydrogens (tertiary/aromatic N) is 2. The molecule has 4 rings (SSSR count). The number of nitrogens with one attached hydrogen (secondary N) is 1. The van der Waals surface area contributed by atoms with Crippen LogP contribution in [0.4, 0.5) is 0 Å². The first-order valence-corrected chi connectivity index (χ1v) is 10.3. The lowest BCUT2D eigenvalue weighted by Crippen LogP contribution is -2.43. The van der Waals surface area contributed by atoms with E-state index in [2.05, 4.69) is 17.1 Å². The zero-order valence-electron chi connectivity index (χ0n) is 17.0. The van der Waals surface area contributed by atoms with E-state index in [1.165, 1.54) is 0 Å². The highest BCUT2D eigenvalue weighted by atomic mass is 16.4. The van der Waals surface area contributed by atoms with Crippen LogP contribution in [-0.4, -0.2) is 46.0 Å². The van der Waals surface area contributed by atoms with Crippen molar-refractivity contribution in [2.45, 2.75) is 32.4 Å². The fourth-order valence-corrected chi connectivity index (χ4v) is 4.06. The Balaban J connectivity index is 1.72. The minimum Gasteiger partial charge on any atom is -0.480 e. The van der Waals surface area contributed by atoms with E-state index in [-0.39, 0.29) is 12.3 Å². The number of carboxylic acid groups (broad SMARTS) is 1. The van der Waals surface area contributed by atoms with Crippen molar-refractivity contribution in [2.75, 3.05) is 13.1 Å². The van der Waals surface area contributed by atoms with Crippen LogP contribution in [0.3, 0.4) is 0 Å². The van der Waals surface area contributed by atoms with Gasteiger partial charge in [0.1, 0.15) is 6.04 Å². The van der Waals surface area contributed by atoms with Crippen molar-refractivity contribution in [1.29, 1.82) is 0 Å². The standard InChI is InChI=1S/C24H25N3O3/c1-2-27-13-12-20-18(15-27)22(17-10-6-7-11-19(17)25-20)23(28)26-21(24(29)30)14-16-8-4-3-5-9-16/h3-11,21H,2,12-15H2,1H3,(H,26,28)(H,29,30). The molecule has 154 valence electrons. The molecule has 1 atom stereocenters. The van der Waals surface area contributed by atoms with E-state index in [1.807, 2.05) is 54.6 Å². The van der Waals surface area contributed by atoms with Crippen LogP contribution in [0.1, 0.15) is 34.1 Å². The van der Waals surface area contributed by atoms with E-state index in [4.69, 9.17) is 4.98 Å². The molecule has 2 N–H and O–H groups in total. The molecule has 0 aliphatic carbocycles. The lowest BCUT2D eigenvalue weighted by Gasteiger charge is -2.29. The molecule has 0 spiro atoms. The van der Waals surface area contributed by atoms with Crippen LogP contribution in [-0.2, 0) is 24.2 Å². The van der Waals surface area contributed by atoms with Crippen LogP contribution in [0, 0.1) is 0 Å². The van der Waals surface area contributed by atoms with Gasteiger partial charge < -0.3 is 10.4 Å². The van der Waals surface area contributed by atoms with Crippen molar-refractivity contribution in [1.82, 2.24) is 15.2 Å². The van der Waals surface area contributed by atoms with E-state index in [1.54, 1.807) is 0 Å². The van der Waals surface area contributed by atoms with Gasteiger partial charge >= 0.3 is 5.97 Å². The molecule has 0 fully saturated rings. The maximum atomic E-state index is 13.4. The second-order valence-corrected chi connectivity index (χ2v) is 7.60. The molecule has 1 amide bonds. The highest BCUT2D eigenvalue weighted by molar-refractivity contribution is 6.08. The third-order valence-corrected chi connectivity index (χ3v) is 5.69. The lowest BCUT2D eigenvalue weighted by molar-refractivity contribution is -0.139. The topological polar surface area (TPSA) is 82.5 Å². The molecule has 6 heteroatoms. The van der Waals surface area contributed by atoms with Crippen molar-refractivity contribution in [3.8, 4) is 0 Å². The number of aliphatic carboxylic acids is 1. The van der Waals surface area contributed by atoms with Crippen molar-refractivity contribution in [3.63, 3.8) is 0 Å². The fraction of sp³-hybridized carbons (Fsp3) is 0.292. The van der Waals surface area contributed by atoms with Gasteiger partial charge in [-0.2, -0.15) is 0 Å². The average Bonchev–Trinajstić information content (AvgIpc) is 2.77. The fourth-order valence-electron chi connectivity index (χ4n) is 4.06. The summed E-state index contributed by atoms with van der Waals surface area (Å²) < 4.78 is 0. The van der Waals surface area contributed by atoms with Crippen molar-refractivity contribution >= 4 is 22.8 Å². The van der Waals surface area contributed by atoms with Gasteiger partial charge in [-0.15, -0.1) is 0 Å². The zero-order valence-corrected chi connectivity index (χ0v) is 17.0. The Bertz CT molecular complexity index is 1080. The first kappa shape index (κ1) is 20.0. The van der Waals surface area contributed by atoms with Gasteiger partial charge in [0, 0.05) is 42.6 Å². The SMILES string of the molecule is CCN1CCc2nc3ccccc3c(C(=O)NC(Cc3ccccc3)C(=O)O)c2C1. The largest absolute Gasteiger partial charge is 0.480 e. The Hall–Kier alpha value is -3.25. The summed E-state index contributed by atoms with van der Waals surface area (Å²) in [6.07, 6.45) is 1.01. The van der Waals surface area contributed by atoms with Crippen molar-refractivity contribution in [2.24, 2.45) is 0 Å². The summed E-state index contributed by atoms with van der Waals surface area (Å²) in [5.74, 6) is -1.40. The molecule has 1 aliphatic rings. The molecule has 2 aromatic carbocycles. The van der Waals surface area contributed by atoms with Gasteiger partial charge in [0.25, 0.3) is 5.91 Å². The first-order chi connectivity index (χ1) is 14.6. The number of rotatable bonds is 6. The maximum absolute atomic E-state index is 13.4. The van der Waals surface area contributed by atoms with Crippen molar-refractivity contribution < 1.29 is 14.7 Å². The number of carboxylic acids is 1. The predicted octanol–water partition coefficient (Wildman–Crippen LogP) is 3.04. The summed E-state index contributed by atoms with van der Waals surface area (Å²) in [7, 11) is 0. The number of aromatic nitrogens is 1. The summed E-state index contributed by atoms with van der Waals surface area (Å²) in [5.41, 5.74) is 4.01. The Kier molecular flexibility index (Phi) is 5.77. The number of hydrogen-bond acceptors (Lipinski definition) is 4. The summed E-state index contributed by atoms with van der Waals surface area (Å²) in [6.45, 7) is 4.53. The molecular weight excluding hydrogens is 378 g/mol. The van der Waals surface area contributed by atoms with E-state index in [0.29, 0.717) is 12.1 Å². The molecule has 0 bridgehead atoms. The zero-order chi connectivity index (χ0) is 21.1. The third-order valence-electron chi connectivity index (χ3n) is 5.69. The molecule has 1 aromatic heterocycles.